The van der Waals surface area contributed by atoms with Gasteiger partial charge in [-0.3, -0.25) is 0 Å². The quantitative estimate of drug-likeness (QED) is 0.664. The van der Waals surface area contributed by atoms with Crippen LogP contribution < -0.4 is 0 Å². The number of rotatable bonds is 0. The van der Waals surface area contributed by atoms with Gasteiger partial charge in [-0.15, -0.1) is 11.3 Å². The third-order valence-corrected chi connectivity index (χ3v) is 4.51. The first-order valence-electron chi connectivity index (χ1n) is 5.35. The van der Waals surface area contributed by atoms with E-state index in [1.54, 1.807) is 0 Å². The van der Waals surface area contributed by atoms with E-state index in [-0.39, 0.29) is 0 Å². The molecule has 1 aliphatic carbocycles. The van der Waals surface area contributed by atoms with Crippen molar-refractivity contribution in [2.45, 2.75) is 12.8 Å². The monoisotopic (exact) mass is 290 g/mol. The molecule has 80 valence electrons. The molecule has 1 aromatic carbocycles. The fourth-order valence-electron chi connectivity index (χ4n) is 2.29. The van der Waals surface area contributed by atoms with Gasteiger partial charge in [-0.05, 0) is 51.5 Å². The third kappa shape index (κ3) is 1.57. The van der Waals surface area contributed by atoms with Gasteiger partial charge < -0.3 is 0 Å². The molecule has 0 unspecified atom stereocenters. The maximum Gasteiger partial charge on any atom is 0.0127 e. The summed E-state index contributed by atoms with van der Waals surface area (Å²) in [6.07, 6.45) is 2.31. The number of hydrogen-bond acceptors (Lipinski definition) is 1. The van der Waals surface area contributed by atoms with Gasteiger partial charge in [0.2, 0.25) is 0 Å². The number of hydrogen-bond donors (Lipinski definition) is 0. The first-order valence-corrected chi connectivity index (χ1v) is 7.15. The highest BCUT2D eigenvalue weighted by atomic mass is 79.9. The molecule has 0 amide bonds. The van der Waals surface area contributed by atoms with Gasteiger partial charge in [0.05, 0.1) is 0 Å². The summed E-state index contributed by atoms with van der Waals surface area (Å²) >= 11 is 5.38. The lowest BCUT2D eigenvalue weighted by Gasteiger charge is -2.07. The molecule has 0 bridgehead atoms. The van der Waals surface area contributed by atoms with Crippen LogP contribution in [-0.2, 0) is 12.8 Å². The SMILES string of the molecule is Br/C=C1/c2ccccc2CCc2sccc21. The molecule has 0 saturated heterocycles. The summed E-state index contributed by atoms with van der Waals surface area (Å²) < 4.78 is 0. The predicted molar refractivity (Wildman–Crippen MR) is 74.2 cm³/mol. The van der Waals surface area contributed by atoms with Crippen LogP contribution >= 0.6 is 27.3 Å². The van der Waals surface area contributed by atoms with Crippen LogP contribution in [0, 0.1) is 0 Å². The Morgan fingerprint density at radius 3 is 2.81 bits per heavy atom. The van der Waals surface area contributed by atoms with E-state index in [9.17, 15) is 0 Å². The second-order valence-corrected chi connectivity index (χ2v) is 5.40. The van der Waals surface area contributed by atoms with E-state index < -0.39 is 0 Å². The smallest absolute Gasteiger partial charge is 0.0127 e. The van der Waals surface area contributed by atoms with E-state index in [0.29, 0.717) is 0 Å². The summed E-state index contributed by atoms with van der Waals surface area (Å²) in [7, 11) is 0. The molecular weight excluding hydrogens is 280 g/mol. The zero-order valence-electron chi connectivity index (χ0n) is 8.74. The Balaban J connectivity index is 2.26. The van der Waals surface area contributed by atoms with Crippen LogP contribution in [0.15, 0.2) is 40.7 Å². The largest absolute Gasteiger partial charge is 0.148 e. The highest BCUT2D eigenvalue weighted by Gasteiger charge is 2.17. The average molecular weight is 291 g/mol. The summed E-state index contributed by atoms with van der Waals surface area (Å²) in [5.74, 6) is 0. The zero-order chi connectivity index (χ0) is 11.0. The van der Waals surface area contributed by atoms with E-state index in [1.165, 1.54) is 27.1 Å². The summed E-state index contributed by atoms with van der Waals surface area (Å²) in [6, 6.07) is 10.9. The van der Waals surface area contributed by atoms with Gasteiger partial charge in [0, 0.05) is 4.88 Å². The Kier molecular flexibility index (Phi) is 2.70. The molecule has 2 aromatic rings. The standard InChI is InChI=1S/C14H11BrS/c15-9-13-11-4-2-1-3-10(11)5-6-14-12(13)7-8-16-14/h1-4,7-9H,5-6H2/b13-9-. The predicted octanol–water partition coefficient (Wildman–Crippen LogP) is 4.63. The molecule has 2 heteroatoms. The normalized spacial score (nSPS) is 16.7. The molecule has 0 nitrogen and oxygen atoms in total. The van der Waals surface area contributed by atoms with Crippen molar-refractivity contribution in [2.24, 2.45) is 0 Å². The van der Waals surface area contributed by atoms with Crippen molar-refractivity contribution in [1.29, 1.82) is 0 Å². The van der Waals surface area contributed by atoms with Crippen LogP contribution in [-0.4, -0.2) is 0 Å². The van der Waals surface area contributed by atoms with Crippen molar-refractivity contribution in [3.8, 4) is 0 Å². The lowest BCUT2D eigenvalue weighted by Crippen LogP contribution is -1.90. The molecule has 1 aliphatic rings. The number of halogens is 1. The Labute approximate surface area is 108 Å². The number of aryl methyl sites for hydroxylation is 2. The molecule has 0 N–H and O–H groups in total. The first-order chi connectivity index (χ1) is 7.90. The minimum Gasteiger partial charge on any atom is -0.148 e. The van der Waals surface area contributed by atoms with Crippen molar-refractivity contribution in [2.75, 3.05) is 0 Å². The highest BCUT2D eigenvalue weighted by Crippen LogP contribution is 2.36. The van der Waals surface area contributed by atoms with Crippen LogP contribution in [0.5, 0.6) is 0 Å². The lowest BCUT2D eigenvalue weighted by atomic mass is 9.98. The summed E-state index contributed by atoms with van der Waals surface area (Å²) in [4.78, 5) is 3.56. The van der Waals surface area contributed by atoms with Gasteiger partial charge in [0.1, 0.15) is 0 Å². The third-order valence-electron chi connectivity index (χ3n) is 3.07. The Morgan fingerprint density at radius 2 is 1.94 bits per heavy atom. The minimum atomic E-state index is 1.15. The van der Waals surface area contributed by atoms with Crippen molar-refractivity contribution in [3.63, 3.8) is 0 Å². The van der Waals surface area contributed by atoms with Gasteiger partial charge in [-0.2, -0.15) is 0 Å². The lowest BCUT2D eigenvalue weighted by molar-refractivity contribution is 0.985. The van der Waals surface area contributed by atoms with E-state index in [1.807, 2.05) is 11.3 Å². The van der Waals surface area contributed by atoms with Crippen molar-refractivity contribution in [1.82, 2.24) is 0 Å². The number of fused-ring (bicyclic) bond motifs is 2. The van der Waals surface area contributed by atoms with Crippen LogP contribution in [0.25, 0.3) is 5.57 Å². The van der Waals surface area contributed by atoms with E-state index in [4.69, 9.17) is 0 Å². The van der Waals surface area contributed by atoms with Crippen LogP contribution in [0.2, 0.25) is 0 Å². The second kappa shape index (κ2) is 4.19. The molecule has 0 spiro atoms. The van der Waals surface area contributed by atoms with E-state index in [0.717, 1.165) is 12.8 Å². The molecule has 16 heavy (non-hydrogen) atoms. The van der Waals surface area contributed by atoms with Crippen molar-refractivity contribution >= 4 is 32.8 Å². The summed E-state index contributed by atoms with van der Waals surface area (Å²) in [5.41, 5.74) is 5.55. The van der Waals surface area contributed by atoms with Crippen LogP contribution in [0.1, 0.15) is 21.6 Å². The van der Waals surface area contributed by atoms with Gasteiger partial charge in [-0.1, -0.05) is 40.2 Å². The molecule has 0 fully saturated rings. The molecule has 0 aliphatic heterocycles. The molecule has 1 aromatic heterocycles. The second-order valence-electron chi connectivity index (χ2n) is 3.94. The Bertz CT molecular complexity index is 551. The molecular formula is C14H11BrS. The maximum atomic E-state index is 3.51. The molecule has 0 radical (unpaired) electrons. The highest BCUT2D eigenvalue weighted by molar-refractivity contribution is 9.11. The zero-order valence-corrected chi connectivity index (χ0v) is 11.1. The van der Waals surface area contributed by atoms with Crippen LogP contribution in [0.4, 0.5) is 0 Å². The Hall–Kier alpha value is -0.860. The summed E-state index contributed by atoms with van der Waals surface area (Å²) in [6.45, 7) is 0. The van der Waals surface area contributed by atoms with Crippen molar-refractivity contribution < 1.29 is 0 Å². The molecule has 1 heterocycles. The Morgan fingerprint density at radius 1 is 1.06 bits per heavy atom. The first kappa shape index (κ1) is 10.3. The number of benzene rings is 1. The van der Waals surface area contributed by atoms with Gasteiger partial charge >= 0.3 is 0 Å². The van der Waals surface area contributed by atoms with Gasteiger partial charge in [0.15, 0.2) is 0 Å². The van der Waals surface area contributed by atoms with Crippen LogP contribution in [0.3, 0.4) is 0 Å². The van der Waals surface area contributed by atoms with Crippen molar-refractivity contribution in [3.05, 3.63) is 62.3 Å². The fourth-order valence-corrected chi connectivity index (χ4v) is 3.67. The molecule has 0 saturated carbocycles. The maximum absolute atomic E-state index is 3.51. The molecule has 0 atom stereocenters. The van der Waals surface area contributed by atoms with E-state index >= 15 is 0 Å². The minimum absolute atomic E-state index is 1.15. The molecule has 3 rings (SSSR count). The topological polar surface area (TPSA) is 0 Å². The van der Waals surface area contributed by atoms with E-state index in [2.05, 4.69) is 56.6 Å². The average Bonchev–Trinajstić information content (AvgIpc) is 2.72. The van der Waals surface area contributed by atoms with Gasteiger partial charge in [0.25, 0.3) is 0 Å². The van der Waals surface area contributed by atoms with Gasteiger partial charge in [-0.25, -0.2) is 0 Å². The fraction of sp³-hybridized carbons (Fsp3) is 0.143. The summed E-state index contributed by atoms with van der Waals surface area (Å²) in [5, 5.41) is 2.19. The number of thiophene rings is 1.